The van der Waals surface area contributed by atoms with Crippen LogP contribution in [-0.4, -0.2) is 55.0 Å². The molecule has 4 nitrogen and oxygen atoms in total. The average molecular weight is 410 g/mol. The van der Waals surface area contributed by atoms with Crippen LogP contribution in [-0.2, 0) is 13.0 Å². The van der Waals surface area contributed by atoms with Gasteiger partial charge in [-0.3, -0.25) is 4.79 Å². The largest absolute Gasteiger partial charge is 0.371 e. The molecular formula is C24H31N3OS. The van der Waals surface area contributed by atoms with Gasteiger partial charge in [0.15, 0.2) is 0 Å². The molecule has 4 rings (SSSR count). The molecule has 1 fully saturated rings. The SMILES string of the molecule is CSCCNC1CCN(c2ccc(C(=O)N3CCc4ccccc4C3)cc2)CC1. The standard InChI is InChI=1S/C24H31N3OS/c1-29-17-13-25-22-11-15-26(16-12-22)23-8-6-20(7-9-23)24(28)27-14-10-19-4-2-3-5-21(19)18-27/h2-9,22,25H,10-18H2,1H3. The third kappa shape index (κ3) is 4.96. The molecule has 2 aromatic rings. The molecule has 0 atom stereocenters. The number of nitrogens with one attached hydrogen (secondary N) is 1. The van der Waals surface area contributed by atoms with E-state index in [1.54, 1.807) is 0 Å². The van der Waals surface area contributed by atoms with E-state index in [-0.39, 0.29) is 5.91 Å². The van der Waals surface area contributed by atoms with Gasteiger partial charge >= 0.3 is 0 Å². The van der Waals surface area contributed by atoms with E-state index in [0.29, 0.717) is 12.6 Å². The topological polar surface area (TPSA) is 35.6 Å². The summed E-state index contributed by atoms with van der Waals surface area (Å²) in [6.45, 7) is 4.77. The molecule has 1 amide bonds. The molecule has 1 saturated heterocycles. The van der Waals surface area contributed by atoms with Gasteiger partial charge in [0.1, 0.15) is 0 Å². The van der Waals surface area contributed by atoms with E-state index in [4.69, 9.17) is 0 Å². The lowest BCUT2D eigenvalue weighted by Crippen LogP contribution is -2.43. The lowest BCUT2D eigenvalue weighted by Gasteiger charge is -2.34. The normalized spacial score (nSPS) is 17.3. The van der Waals surface area contributed by atoms with Gasteiger partial charge in [0.2, 0.25) is 0 Å². The van der Waals surface area contributed by atoms with Gasteiger partial charge in [-0.1, -0.05) is 24.3 Å². The highest BCUT2D eigenvalue weighted by atomic mass is 32.2. The summed E-state index contributed by atoms with van der Waals surface area (Å²) < 4.78 is 0. The van der Waals surface area contributed by atoms with Gasteiger partial charge in [0, 0.05) is 55.8 Å². The maximum Gasteiger partial charge on any atom is 0.254 e. The highest BCUT2D eigenvalue weighted by Gasteiger charge is 2.22. The minimum atomic E-state index is 0.141. The molecule has 1 N–H and O–H groups in total. The fraction of sp³-hybridized carbons (Fsp3) is 0.458. The van der Waals surface area contributed by atoms with Gasteiger partial charge in [0.25, 0.3) is 5.91 Å². The van der Waals surface area contributed by atoms with Crippen molar-refractivity contribution in [1.82, 2.24) is 10.2 Å². The van der Waals surface area contributed by atoms with E-state index >= 15 is 0 Å². The molecule has 0 saturated carbocycles. The van der Waals surface area contributed by atoms with Crippen LogP contribution in [0.15, 0.2) is 48.5 Å². The maximum atomic E-state index is 13.0. The summed E-state index contributed by atoms with van der Waals surface area (Å²) in [5, 5.41) is 3.66. The molecular weight excluding hydrogens is 378 g/mol. The molecule has 2 heterocycles. The van der Waals surface area contributed by atoms with Gasteiger partial charge < -0.3 is 15.1 Å². The number of rotatable bonds is 6. The zero-order valence-corrected chi connectivity index (χ0v) is 18.1. The van der Waals surface area contributed by atoms with E-state index < -0.39 is 0 Å². The molecule has 5 heteroatoms. The molecule has 0 bridgehead atoms. The van der Waals surface area contributed by atoms with Crippen LogP contribution in [0.25, 0.3) is 0 Å². The second kappa shape index (κ2) is 9.68. The number of benzene rings is 2. The number of anilines is 1. The van der Waals surface area contributed by atoms with Crippen LogP contribution in [0.4, 0.5) is 5.69 Å². The number of piperidine rings is 1. The van der Waals surface area contributed by atoms with Crippen LogP contribution in [0.1, 0.15) is 34.3 Å². The number of nitrogens with zero attached hydrogens (tertiary/aromatic N) is 2. The van der Waals surface area contributed by atoms with Crippen molar-refractivity contribution in [3.63, 3.8) is 0 Å². The van der Waals surface area contributed by atoms with E-state index in [1.165, 1.54) is 35.4 Å². The number of fused-ring (bicyclic) bond motifs is 1. The summed E-state index contributed by atoms with van der Waals surface area (Å²) in [5.41, 5.74) is 4.67. The molecule has 0 spiro atoms. The van der Waals surface area contributed by atoms with Gasteiger partial charge in [-0.25, -0.2) is 0 Å². The van der Waals surface area contributed by atoms with Crippen molar-refractivity contribution >= 4 is 23.4 Å². The Kier molecular flexibility index (Phi) is 6.78. The molecule has 0 aromatic heterocycles. The average Bonchev–Trinajstić information content (AvgIpc) is 2.79. The monoisotopic (exact) mass is 409 g/mol. The molecule has 2 aromatic carbocycles. The maximum absolute atomic E-state index is 13.0. The first-order chi connectivity index (χ1) is 14.2. The number of amides is 1. The van der Waals surface area contributed by atoms with Crippen LogP contribution in [0.2, 0.25) is 0 Å². The van der Waals surface area contributed by atoms with E-state index in [2.05, 4.69) is 52.9 Å². The lowest BCUT2D eigenvalue weighted by molar-refractivity contribution is 0.0734. The predicted molar refractivity (Wildman–Crippen MR) is 123 cm³/mol. The summed E-state index contributed by atoms with van der Waals surface area (Å²) >= 11 is 1.89. The van der Waals surface area contributed by atoms with Crippen molar-refractivity contribution in [1.29, 1.82) is 0 Å². The van der Waals surface area contributed by atoms with Crippen LogP contribution in [0, 0.1) is 0 Å². The highest BCUT2D eigenvalue weighted by Crippen LogP contribution is 2.23. The zero-order chi connectivity index (χ0) is 20.1. The van der Waals surface area contributed by atoms with Crippen LogP contribution in [0.3, 0.4) is 0 Å². The van der Waals surface area contributed by atoms with Crippen molar-refractivity contribution in [2.45, 2.75) is 31.8 Å². The Morgan fingerprint density at radius 2 is 1.76 bits per heavy atom. The zero-order valence-electron chi connectivity index (χ0n) is 17.3. The van der Waals surface area contributed by atoms with Gasteiger partial charge in [-0.2, -0.15) is 11.8 Å². The van der Waals surface area contributed by atoms with Crippen LogP contribution < -0.4 is 10.2 Å². The summed E-state index contributed by atoms with van der Waals surface area (Å²) in [7, 11) is 0. The molecule has 0 unspecified atom stereocenters. The first-order valence-electron chi connectivity index (χ1n) is 10.7. The summed E-state index contributed by atoms with van der Waals surface area (Å²) in [6, 6.07) is 17.3. The molecule has 0 aliphatic carbocycles. The number of carbonyl (C=O) groups excluding carboxylic acids is 1. The first kappa shape index (κ1) is 20.3. The Morgan fingerprint density at radius 3 is 2.48 bits per heavy atom. The van der Waals surface area contributed by atoms with Crippen molar-refractivity contribution in [3.8, 4) is 0 Å². The smallest absolute Gasteiger partial charge is 0.254 e. The van der Waals surface area contributed by atoms with Gasteiger partial charge in [0.05, 0.1) is 0 Å². The third-order valence-electron chi connectivity index (χ3n) is 6.13. The Bertz CT molecular complexity index is 815. The minimum Gasteiger partial charge on any atom is -0.371 e. The summed E-state index contributed by atoms with van der Waals surface area (Å²) in [4.78, 5) is 17.4. The fourth-order valence-electron chi connectivity index (χ4n) is 4.37. The van der Waals surface area contributed by atoms with Crippen molar-refractivity contribution in [3.05, 3.63) is 65.2 Å². The molecule has 154 valence electrons. The number of carbonyl (C=O) groups is 1. The number of thioether (sulfide) groups is 1. The molecule has 2 aliphatic rings. The van der Waals surface area contributed by atoms with Gasteiger partial charge in [-0.05, 0) is 60.9 Å². The molecule has 0 radical (unpaired) electrons. The summed E-state index contributed by atoms with van der Waals surface area (Å²) in [5.74, 6) is 1.32. The number of hydrogen-bond donors (Lipinski definition) is 1. The Morgan fingerprint density at radius 1 is 1.03 bits per heavy atom. The Labute approximate surface area is 178 Å². The van der Waals surface area contributed by atoms with Gasteiger partial charge in [-0.15, -0.1) is 0 Å². The van der Waals surface area contributed by atoms with E-state index in [1.807, 2.05) is 28.8 Å². The fourth-order valence-corrected chi connectivity index (χ4v) is 4.70. The van der Waals surface area contributed by atoms with Crippen molar-refractivity contribution < 1.29 is 4.79 Å². The molecule has 29 heavy (non-hydrogen) atoms. The minimum absolute atomic E-state index is 0.141. The highest BCUT2D eigenvalue weighted by molar-refractivity contribution is 7.98. The van der Waals surface area contributed by atoms with Crippen LogP contribution >= 0.6 is 11.8 Å². The quantitative estimate of drug-likeness (QED) is 0.736. The predicted octanol–water partition coefficient (Wildman–Crippen LogP) is 3.81. The number of hydrogen-bond acceptors (Lipinski definition) is 4. The Balaban J connectivity index is 1.32. The van der Waals surface area contributed by atoms with E-state index in [9.17, 15) is 4.79 Å². The third-order valence-corrected chi connectivity index (χ3v) is 6.74. The molecule has 2 aliphatic heterocycles. The second-order valence-electron chi connectivity index (χ2n) is 8.00. The summed E-state index contributed by atoms with van der Waals surface area (Å²) in [6.07, 6.45) is 5.47. The van der Waals surface area contributed by atoms with Crippen molar-refractivity contribution in [2.24, 2.45) is 0 Å². The van der Waals surface area contributed by atoms with E-state index in [0.717, 1.165) is 38.2 Å². The first-order valence-corrected chi connectivity index (χ1v) is 12.1. The van der Waals surface area contributed by atoms with Crippen molar-refractivity contribution in [2.75, 3.05) is 43.1 Å². The van der Waals surface area contributed by atoms with Crippen LogP contribution in [0.5, 0.6) is 0 Å². The second-order valence-corrected chi connectivity index (χ2v) is 8.99. The Hall–Kier alpha value is -1.98. The lowest BCUT2D eigenvalue weighted by atomic mass is 9.99.